The van der Waals surface area contributed by atoms with Crippen LogP contribution < -0.4 is 14.8 Å². The minimum atomic E-state index is -4.65. The summed E-state index contributed by atoms with van der Waals surface area (Å²) >= 11 is 5.79. The van der Waals surface area contributed by atoms with Crippen molar-refractivity contribution in [2.75, 3.05) is 18.1 Å². The van der Waals surface area contributed by atoms with Gasteiger partial charge in [0.05, 0.1) is 34.7 Å². The van der Waals surface area contributed by atoms with Gasteiger partial charge < -0.3 is 19.2 Å². The number of sulfone groups is 1. The van der Waals surface area contributed by atoms with Crippen molar-refractivity contribution in [2.45, 2.75) is 37.2 Å². The predicted octanol–water partition coefficient (Wildman–Crippen LogP) is 4.75. The third-order valence-corrected chi connectivity index (χ3v) is 7.61. The first-order chi connectivity index (χ1) is 18.0. The molecule has 1 N–H and O–H groups in total. The van der Waals surface area contributed by atoms with Crippen molar-refractivity contribution in [3.8, 4) is 17.4 Å². The summed E-state index contributed by atoms with van der Waals surface area (Å²) in [5.41, 5.74) is -1.86. The lowest BCUT2D eigenvalue weighted by Crippen LogP contribution is -2.55. The van der Waals surface area contributed by atoms with Crippen molar-refractivity contribution in [1.29, 1.82) is 0 Å². The SMILES string of the molecule is O=C(NC1(CC(F)(F)F)CCS(=O)(=O)CC1)c1cn2cc(Oc3ncc(Cl)cc3OCC(F)(F)F)ccc2n1. The van der Waals surface area contributed by atoms with Gasteiger partial charge in [0.2, 0.25) is 0 Å². The lowest BCUT2D eigenvalue weighted by Gasteiger charge is -2.38. The quantitative estimate of drug-likeness (QED) is 0.390. The van der Waals surface area contributed by atoms with Gasteiger partial charge >= 0.3 is 12.4 Å². The minimum absolute atomic E-state index is 0.000833. The minimum Gasteiger partial charge on any atom is -0.478 e. The maximum Gasteiger partial charge on any atom is 0.422 e. The van der Waals surface area contributed by atoms with E-state index in [0.717, 1.165) is 12.3 Å². The highest BCUT2D eigenvalue weighted by atomic mass is 35.5. The van der Waals surface area contributed by atoms with E-state index in [1.165, 1.54) is 28.9 Å². The molecule has 0 aromatic carbocycles. The van der Waals surface area contributed by atoms with Gasteiger partial charge in [0.25, 0.3) is 11.8 Å². The van der Waals surface area contributed by atoms with Gasteiger partial charge in [-0.2, -0.15) is 26.3 Å². The molecule has 4 heterocycles. The number of hydrogen-bond donors (Lipinski definition) is 1. The molecule has 1 amide bonds. The zero-order valence-corrected chi connectivity index (χ0v) is 21.2. The summed E-state index contributed by atoms with van der Waals surface area (Å²) in [4.78, 5) is 20.8. The van der Waals surface area contributed by atoms with Crippen LogP contribution in [-0.2, 0) is 9.84 Å². The molecule has 0 radical (unpaired) electrons. The number of nitrogens with zero attached hydrogens (tertiary/aromatic N) is 3. The Bertz CT molecular complexity index is 1480. The Labute approximate surface area is 222 Å². The summed E-state index contributed by atoms with van der Waals surface area (Å²) in [5.74, 6) is -2.60. The van der Waals surface area contributed by atoms with Gasteiger partial charge in [-0.05, 0) is 25.0 Å². The maximum absolute atomic E-state index is 13.3. The fourth-order valence-electron chi connectivity index (χ4n) is 3.96. The highest BCUT2D eigenvalue weighted by molar-refractivity contribution is 7.91. The van der Waals surface area contributed by atoms with E-state index < -0.39 is 71.0 Å². The van der Waals surface area contributed by atoms with Gasteiger partial charge in [-0.3, -0.25) is 4.79 Å². The summed E-state index contributed by atoms with van der Waals surface area (Å²) in [7, 11) is -3.51. The van der Waals surface area contributed by atoms with Crippen molar-refractivity contribution in [3.05, 3.63) is 47.5 Å². The molecule has 212 valence electrons. The van der Waals surface area contributed by atoms with Crippen LogP contribution in [0, 0.1) is 0 Å². The van der Waals surface area contributed by atoms with Crippen LogP contribution in [0.5, 0.6) is 17.4 Å². The van der Waals surface area contributed by atoms with Crippen molar-refractivity contribution in [1.82, 2.24) is 19.7 Å². The molecule has 1 fully saturated rings. The number of ether oxygens (including phenoxy) is 2. The van der Waals surface area contributed by atoms with Crippen molar-refractivity contribution >= 4 is 33.0 Å². The first-order valence-corrected chi connectivity index (χ1v) is 13.3. The van der Waals surface area contributed by atoms with Crippen LogP contribution in [0.4, 0.5) is 26.3 Å². The molecule has 0 atom stereocenters. The van der Waals surface area contributed by atoms with Crippen molar-refractivity contribution in [3.63, 3.8) is 0 Å². The zero-order valence-electron chi connectivity index (χ0n) is 19.6. The number of amides is 1. The Morgan fingerprint density at radius 1 is 1.10 bits per heavy atom. The Balaban J connectivity index is 1.54. The van der Waals surface area contributed by atoms with Crippen molar-refractivity contribution < 1.29 is 49.0 Å². The summed E-state index contributed by atoms with van der Waals surface area (Å²) in [5, 5.41) is 2.34. The van der Waals surface area contributed by atoms with Gasteiger partial charge in [0.15, 0.2) is 12.4 Å². The number of pyridine rings is 2. The van der Waals surface area contributed by atoms with E-state index in [9.17, 15) is 39.6 Å². The van der Waals surface area contributed by atoms with Crippen LogP contribution in [0.25, 0.3) is 5.65 Å². The molecule has 4 rings (SSSR count). The summed E-state index contributed by atoms with van der Waals surface area (Å²) < 4.78 is 113. The number of halogens is 7. The lowest BCUT2D eigenvalue weighted by atomic mass is 9.88. The van der Waals surface area contributed by atoms with E-state index in [0.29, 0.717) is 0 Å². The number of nitrogens with one attached hydrogen (secondary N) is 1. The molecule has 3 aromatic heterocycles. The van der Waals surface area contributed by atoms with Crippen LogP contribution in [0.1, 0.15) is 29.8 Å². The topological polar surface area (TPSA) is 112 Å². The number of fused-ring (bicyclic) bond motifs is 1. The van der Waals surface area contributed by atoms with Gasteiger partial charge in [-0.1, -0.05) is 11.6 Å². The largest absolute Gasteiger partial charge is 0.478 e. The van der Waals surface area contributed by atoms with Crippen LogP contribution in [0.15, 0.2) is 36.8 Å². The van der Waals surface area contributed by atoms with E-state index in [-0.39, 0.29) is 33.7 Å². The number of carbonyl (C=O) groups excluding carboxylic acids is 1. The second-order valence-corrected chi connectivity index (χ2v) is 11.6. The van der Waals surface area contributed by atoms with E-state index in [1.54, 1.807) is 0 Å². The van der Waals surface area contributed by atoms with E-state index in [1.807, 2.05) is 0 Å². The number of carbonyl (C=O) groups is 1. The molecule has 0 spiro atoms. The number of alkyl halides is 6. The maximum atomic E-state index is 13.3. The molecular formula is C22H19ClF6N4O5S. The van der Waals surface area contributed by atoms with Gasteiger partial charge in [-0.15, -0.1) is 0 Å². The van der Waals surface area contributed by atoms with Gasteiger partial charge in [0, 0.05) is 18.5 Å². The smallest absolute Gasteiger partial charge is 0.422 e. The molecule has 0 saturated carbocycles. The average molecular weight is 601 g/mol. The van der Waals surface area contributed by atoms with Crippen LogP contribution >= 0.6 is 11.6 Å². The van der Waals surface area contributed by atoms with E-state index >= 15 is 0 Å². The summed E-state index contributed by atoms with van der Waals surface area (Å²) in [6.07, 6.45) is -7.86. The number of imidazole rings is 1. The molecule has 0 unspecified atom stereocenters. The average Bonchev–Trinajstić information content (AvgIpc) is 3.24. The monoisotopic (exact) mass is 600 g/mol. The van der Waals surface area contributed by atoms with Crippen LogP contribution in [-0.4, -0.2) is 64.7 Å². The van der Waals surface area contributed by atoms with E-state index in [4.69, 9.17) is 21.1 Å². The second-order valence-electron chi connectivity index (χ2n) is 8.90. The predicted molar refractivity (Wildman–Crippen MR) is 125 cm³/mol. The zero-order chi connectivity index (χ0) is 28.6. The standard InChI is InChI=1S/C22H19ClF6N4O5S/c23-13-7-16(37-12-22(27,28)29)19(30-8-13)38-14-1-2-17-31-15(10-33(17)9-14)18(34)32-20(11-21(24,25)26)3-5-39(35,36)6-4-20/h1-2,7-10H,3-6,11-12H2,(H,32,34). The molecule has 0 aliphatic carbocycles. The fourth-order valence-corrected chi connectivity index (χ4v) is 5.72. The van der Waals surface area contributed by atoms with Crippen LogP contribution in [0.3, 0.4) is 0 Å². The highest BCUT2D eigenvalue weighted by Gasteiger charge is 2.47. The molecule has 1 saturated heterocycles. The van der Waals surface area contributed by atoms with Gasteiger partial charge in [0.1, 0.15) is 26.9 Å². The molecule has 9 nitrogen and oxygen atoms in total. The Kier molecular flexibility index (Phi) is 7.64. The second kappa shape index (κ2) is 10.4. The fraction of sp³-hybridized carbons (Fsp3) is 0.409. The molecule has 0 bridgehead atoms. The Morgan fingerprint density at radius 2 is 1.79 bits per heavy atom. The Hall–Kier alpha value is -3.27. The van der Waals surface area contributed by atoms with Crippen molar-refractivity contribution in [2.24, 2.45) is 0 Å². The lowest BCUT2D eigenvalue weighted by molar-refractivity contribution is -0.153. The molecule has 1 aliphatic rings. The third-order valence-electron chi connectivity index (χ3n) is 5.75. The molecule has 17 heteroatoms. The third kappa shape index (κ3) is 7.65. The summed E-state index contributed by atoms with van der Waals surface area (Å²) in [6.45, 7) is -1.62. The number of aromatic nitrogens is 3. The highest BCUT2D eigenvalue weighted by Crippen LogP contribution is 2.36. The number of rotatable bonds is 7. The van der Waals surface area contributed by atoms with Gasteiger partial charge in [-0.25, -0.2) is 18.4 Å². The van der Waals surface area contributed by atoms with Crippen LogP contribution in [0.2, 0.25) is 5.02 Å². The molecule has 39 heavy (non-hydrogen) atoms. The Morgan fingerprint density at radius 3 is 2.44 bits per heavy atom. The normalized spacial score (nSPS) is 17.1. The molecular weight excluding hydrogens is 582 g/mol. The summed E-state index contributed by atoms with van der Waals surface area (Å²) in [6, 6.07) is 3.84. The molecule has 1 aliphatic heterocycles. The van der Waals surface area contributed by atoms with E-state index in [2.05, 4.69) is 15.3 Å². The first kappa shape index (κ1) is 28.7. The first-order valence-electron chi connectivity index (χ1n) is 11.1. The molecule has 3 aromatic rings. The number of hydrogen-bond acceptors (Lipinski definition) is 7.